The van der Waals surface area contributed by atoms with Crippen LogP contribution in [-0.2, 0) is 30.6 Å². The Balaban J connectivity index is 1.84. The topological polar surface area (TPSA) is 101 Å². The number of aliphatic carboxylic acids is 1. The maximum atomic E-state index is 13.2. The first-order valence-corrected chi connectivity index (χ1v) is 11.6. The van der Waals surface area contributed by atoms with Crippen molar-refractivity contribution in [1.29, 1.82) is 0 Å². The fraction of sp³-hybridized carbons (Fsp3) is 0.455. The molecular weight excluding hydrogens is 406 g/mol. The Hall–Kier alpha value is -2.45. The Bertz CT molecular complexity index is 1040. The summed E-state index contributed by atoms with van der Waals surface area (Å²) in [7, 11) is -4.04. The van der Waals surface area contributed by atoms with Gasteiger partial charge in [0, 0.05) is 13.1 Å². The van der Waals surface area contributed by atoms with E-state index >= 15 is 0 Å². The van der Waals surface area contributed by atoms with Crippen molar-refractivity contribution in [3.63, 3.8) is 0 Å². The molecule has 1 fully saturated rings. The van der Waals surface area contributed by atoms with Crippen LogP contribution >= 0.6 is 0 Å². The number of ether oxygens (including phenoxy) is 1. The van der Waals surface area contributed by atoms with E-state index in [0.29, 0.717) is 26.3 Å². The molecule has 1 aliphatic heterocycles. The molecule has 1 N–H and O–H groups in total. The van der Waals surface area contributed by atoms with Gasteiger partial charge in [-0.05, 0) is 36.6 Å². The molecule has 1 aliphatic rings. The molecule has 7 nitrogen and oxygen atoms in total. The van der Waals surface area contributed by atoms with Gasteiger partial charge in [-0.3, -0.25) is 9.59 Å². The summed E-state index contributed by atoms with van der Waals surface area (Å²) < 4.78 is 29.8. The van der Waals surface area contributed by atoms with Gasteiger partial charge in [0.2, 0.25) is 5.91 Å². The van der Waals surface area contributed by atoms with E-state index in [1.807, 2.05) is 42.5 Å². The third-order valence-electron chi connectivity index (χ3n) is 5.71. The smallest absolute Gasteiger partial charge is 0.307 e. The third kappa shape index (κ3) is 4.49. The molecule has 2 aromatic rings. The molecule has 0 saturated carbocycles. The van der Waals surface area contributed by atoms with Gasteiger partial charge in [-0.2, -0.15) is 0 Å². The quantitative estimate of drug-likeness (QED) is 0.718. The van der Waals surface area contributed by atoms with Gasteiger partial charge in [0.25, 0.3) is 0 Å². The Labute approximate surface area is 176 Å². The van der Waals surface area contributed by atoms with Crippen molar-refractivity contribution >= 4 is 32.5 Å². The number of hydrogen-bond donors (Lipinski definition) is 1. The highest BCUT2D eigenvalue weighted by Gasteiger charge is 2.46. The van der Waals surface area contributed by atoms with Crippen molar-refractivity contribution in [2.75, 3.05) is 32.1 Å². The van der Waals surface area contributed by atoms with E-state index in [1.165, 1.54) is 18.7 Å². The minimum Gasteiger partial charge on any atom is -0.481 e. The molecule has 30 heavy (non-hydrogen) atoms. The van der Waals surface area contributed by atoms with Gasteiger partial charge in [0.15, 0.2) is 9.84 Å². The molecule has 0 radical (unpaired) electrons. The second kappa shape index (κ2) is 8.73. The van der Waals surface area contributed by atoms with E-state index < -0.39 is 38.1 Å². The van der Waals surface area contributed by atoms with Crippen LogP contribution < -0.4 is 0 Å². The Morgan fingerprint density at radius 2 is 1.73 bits per heavy atom. The third-order valence-corrected chi connectivity index (χ3v) is 8.28. The van der Waals surface area contributed by atoms with Gasteiger partial charge in [0.1, 0.15) is 4.75 Å². The van der Waals surface area contributed by atoms with Crippen LogP contribution in [0.25, 0.3) is 10.8 Å². The summed E-state index contributed by atoms with van der Waals surface area (Å²) in [4.78, 5) is 26.3. The number of amides is 1. The zero-order valence-electron chi connectivity index (χ0n) is 17.2. The maximum Gasteiger partial charge on any atom is 0.307 e. The zero-order valence-corrected chi connectivity index (χ0v) is 18.0. The van der Waals surface area contributed by atoms with Crippen LogP contribution in [0.15, 0.2) is 42.5 Å². The van der Waals surface area contributed by atoms with Crippen molar-refractivity contribution in [2.45, 2.75) is 25.0 Å². The largest absolute Gasteiger partial charge is 0.481 e. The van der Waals surface area contributed by atoms with Crippen LogP contribution in [0.3, 0.4) is 0 Å². The van der Waals surface area contributed by atoms with E-state index in [1.54, 1.807) is 0 Å². The number of rotatable bonds is 7. The number of nitrogens with zero attached hydrogens (tertiary/aromatic N) is 1. The predicted molar refractivity (Wildman–Crippen MR) is 114 cm³/mol. The average molecular weight is 434 g/mol. The van der Waals surface area contributed by atoms with Crippen LogP contribution in [0.5, 0.6) is 0 Å². The number of carboxylic acids is 1. The minimum absolute atomic E-state index is 0.0672. The van der Waals surface area contributed by atoms with Crippen molar-refractivity contribution in [1.82, 2.24) is 4.90 Å². The molecule has 3 rings (SSSR count). The predicted octanol–water partition coefficient (Wildman–Crippen LogP) is 2.14. The van der Waals surface area contributed by atoms with E-state index in [0.717, 1.165) is 16.3 Å². The van der Waals surface area contributed by atoms with Gasteiger partial charge >= 0.3 is 5.97 Å². The number of sulfone groups is 1. The van der Waals surface area contributed by atoms with Gasteiger partial charge < -0.3 is 14.7 Å². The second-order valence-corrected chi connectivity index (χ2v) is 10.7. The Morgan fingerprint density at radius 3 is 2.40 bits per heavy atom. The van der Waals surface area contributed by atoms with Crippen LogP contribution in [0, 0.1) is 5.92 Å². The first kappa shape index (κ1) is 22.2. The number of carboxylic acid groups (broad SMARTS) is 1. The van der Waals surface area contributed by atoms with E-state index in [9.17, 15) is 23.1 Å². The highest BCUT2D eigenvalue weighted by Crippen LogP contribution is 2.27. The number of hydrogen-bond acceptors (Lipinski definition) is 5. The fourth-order valence-corrected chi connectivity index (χ4v) is 5.31. The van der Waals surface area contributed by atoms with Crippen LogP contribution in [0.4, 0.5) is 0 Å². The fourth-order valence-electron chi connectivity index (χ4n) is 3.71. The molecule has 0 aliphatic carbocycles. The molecule has 0 bridgehead atoms. The molecule has 0 spiro atoms. The lowest BCUT2D eigenvalue weighted by Crippen LogP contribution is -2.54. The summed E-state index contributed by atoms with van der Waals surface area (Å²) in [6.07, 6.45) is 0.0672. The molecule has 8 heteroatoms. The second-order valence-electron chi connectivity index (χ2n) is 8.07. The standard InChI is InChI=1S/C22H27NO6S/c1-22(2,21(26)23-10-12-29-13-11-23)30(27,28)15-18(20(24)25)14-17-8-5-7-16-6-3-4-9-19(16)17/h3-9,18H,10-15H2,1-2H3,(H,24,25). The summed E-state index contributed by atoms with van der Waals surface area (Å²) >= 11 is 0. The molecule has 1 heterocycles. The summed E-state index contributed by atoms with van der Waals surface area (Å²) in [5.74, 6) is -3.46. The van der Waals surface area contributed by atoms with Gasteiger partial charge in [-0.25, -0.2) is 8.42 Å². The number of morpholine rings is 1. The molecular formula is C22H27NO6S. The lowest BCUT2D eigenvalue weighted by Gasteiger charge is -2.34. The van der Waals surface area contributed by atoms with Crippen molar-refractivity contribution in [3.8, 4) is 0 Å². The van der Waals surface area contributed by atoms with E-state index in [2.05, 4.69) is 0 Å². The number of carbonyl (C=O) groups excluding carboxylic acids is 1. The first-order chi connectivity index (χ1) is 14.1. The van der Waals surface area contributed by atoms with Gasteiger partial charge in [0.05, 0.1) is 24.9 Å². The summed E-state index contributed by atoms with van der Waals surface area (Å²) in [6.45, 7) is 4.10. The van der Waals surface area contributed by atoms with Crippen molar-refractivity contribution in [3.05, 3.63) is 48.0 Å². The molecule has 1 saturated heterocycles. The Morgan fingerprint density at radius 1 is 1.10 bits per heavy atom. The van der Waals surface area contributed by atoms with Gasteiger partial charge in [-0.15, -0.1) is 0 Å². The lowest BCUT2D eigenvalue weighted by atomic mass is 9.96. The highest BCUT2D eigenvalue weighted by atomic mass is 32.2. The summed E-state index contributed by atoms with van der Waals surface area (Å²) in [5, 5.41) is 11.6. The van der Waals surface area contributed by atoms with Crippen molar-refractivity contribution in [2.24, 2.45) is 5.92 Å². The highest BCUT2D eigenvalue weighted by molar-refractivity contribution is 7.93. The lowest BCUT2D eigenvalue weighted by molar-refractivity contribution is -0.141. The monoisotopic (exact) mass is 433 g/mol. The number of benzene rings is 2. The molecule has 162 valence electrons. The van der Waals surface area contributed by atoms with E-state index in [-0.39, 0.29) is 6.42 Å². The molecule has 1 amide bonds. The average Bonchev–Trinajstić information content (AvgIpc) is 2.73. The zero-order chi connectivity index (χ0) is 21.9. The Kier molecular flexibility index (Phi) is 6.47. The van der Waals surface area contributed by atoms with Crippen molar-refractivity contribution < 1.29 is 27.9 Å². The number of carbonyl (C=O) groups is 2. The molecule has 0 aromatic heterocycles. The molecule has 1 unspecified atom stereocenters. The van der Waals surface area contributed by atoms with Crippen LogP contribution in [0.1, 0.15) is 19.4 Å². The molecule has 1 atom stereocenters. The van der Waals surface area contributed by atoms with E-state index in [4.69, 9.17) is 4.74 Å². The molecule has 2 aromatic carbocycles. The van der Waals surface area contributed by atoms with Gasteiger partial charge in [-0.1, -0.05) is 42.5 Å². The number of fused-ring (bicyclic) bond motifs is 1. The van der Waals surface area contributed by atoms with Crippen LogP contribution in [0.2, 0.25) is 0 Å². The van der Waals surface area contributed by atoms with Crippen LogP contribution in [-0.4, -0.2) is 67.1 Å². The maximum absolute atomic E-state index is 13.2. The normalized spacial score (nSPS) is 16.4. The summed E-state index contributed by atoms with van der Waals surface area (Å²) in [6, 6.07) is 13.1. The SMILES string of the molecule is CC(C)(C(=O)N1CCOCC1)S(=O)(=O)CC(Cc1cccc2ccccc12)C(=O)O. The first-order valence-electron chi connectivity index (χ1n) is 9.92. The summed E-state index contributed by atoms with van der Waals surface area (Å²) in [5.41, 5.74) is 0.771. The minimum atomic E-state index is -4.04.